The topological polar surface area (TPSA) is 17.8 Å². The summed E-state index contributed by atoms with van der Waals surface area (Å²) in [5.41, 5.74) is 0. The minimum Gasteiger partial charge on any atom is -0.250 e. The van der Waals surface area contributed by atoms with Crippen LogP contribution in [0.4, 0.5) is 0 Å². The second-order valence-electron chi connectivity index (χ2n) is 2.81. The fraction of sp³-hybridized carbons (Fsp3) is 0.571. The van der Waals surface area contributed by atoms with Crippen molar-refractivity contribution in [2.24, 2.45) is 0 Å². The van der Waals surface area contributed by atoms with Crippen LogP contribution in [0.25, 0.3) is 0 Å². The Kier molecular flexibility index (Phi) is 1.93. The Labute approximate surface area is 78.7 Å². The molecule has 0 bridgehead atoms. The van der Waals surface area contributed by atoms with Gasteiger partial charge in [-0.25, -0.2) is 4.68 Å². The summed E-state index contributed by atoms with van der Waals surface area (Å²) in [4.78, 5) is 0. The predicted octanol–water partition coefficient (Wildman–Crippen LogP) is 3.02. The minimum atomic E-state index is 0.550. The molecule has 1 fully saturated rings. The largest absolute Gasteiger partial charge is 0.250 e. The Bertz CT molecular complexity index is 267. The zero-order valence-corrected chi connectivity index (χ0v) is 8.27. The van der Waals surface area contributed by atoms with E-state index in [9.17, 15) is 0 Å². The molecule has 0 atom stereocenters. The summed E-state index contributed by atoms with van der Waals surface area (Å²) in [6, 6.07) is 0.550. The van der Waals surface area contributed by atoms with E-state index in [1.54, 1.807) is 6.20 Å². The van der Waals surface area contributed by atoms with Gasteiger partial charge in [0.2, 0.25) is 0 Å². The smallest absolute Gasteiger partial charge is 0.141 e. The van der Waals surface area contributed by atoms with Crippen LogP contribution in [0, 0.1) is 0 Å². The lowest BCUT2D eigenvalue weighted by molar-refractivity contribution is 0.289. The average Bonchev–Trinajstić information content (AvgIpc) is 2.15. The van der Waals surface area contributed by atoms with E-state index in [1.165, 1.54) is 19.3 Å². The van der Waals surface area contributed by atoms with Gasteiger partial charge < -0.3 is 0 Å². The zero-order chi connectivity index (χ0) is 7.84. The van der Waals surface area contributed by atoms with E-state index >= 15 is 0 Å². The maximum atomic E-state index is 5.97. The van der Waals surface area contributed by atoms with Gasteiger partial charge in [-0.05, 0) is 35.2 Å². The summed E-state index contributed by atoms with van der Waals surface area (Å²) in [5.74, 6) is 0. The summed E-state index contributed by atoms with van der Waals surface area (Å²) in [6.45, 7) is 0. The molecule has 11 heavy (non-hydrogen) atoms. The van der Waals surface area contributed by atoms with E-state index in [-0.39, 0.29) is 0 Å². The molecule has 2 rings (SSSR count). The molecule has 0 amide bonds. The number of hydrogen-bond donors (Lipinski definition) is 0. The molecule has 0 aliphatic heterocycles. The molecule has 1 aromatic rings. The highest BCUT2D eigenvalue weighted by molar-refractivity contribution is 9.10. The first-order valence-electron chi connectivity index (χ1n) is 3.67. The molecule has 1 aliphatic rings. The highest BCUT2D eigenvalue weighted by atomic mass is 79.9. The van der Waals surface area contributed by atoms with Crippen molar-refractivity contribution in [2.45, 2.75) is 25.3 Å². The van der Waals surface area contributed by atoms with E-state index < -0.39 is 0 Å². The molecule has 1 aromatic heterocycles. The van der Waals surface area contributed by atoms with Crippen molar-refractivity contribution in [2.75, 3.05) is 0 Å². The Morgan fingerprint density at radius 2 is 2.36 bits per heavy atom. The maximum absolute atomic E-state index is 5.97. The molecule has 0 spiro atoms. The van der Waals surface area contributed by atoms with Gasteiger partial charge >= 0.3 is 0 Å². The van der Waals surface area contributed by atoms with Crippen molar-refractivity contribution in [3.8, 4) is 0 Å². The Morgan fingerprint density at radius 3 is 2.73 bits per heavy atom. The molecule has 0 aromatic carbocycles. The van der Waals surface area contributed by atoms with Crippen LogP contribution < -0.4 is 0 Å². The third-order valence-corrected chi connectivity index (χ3v) is 3.30. The van der Waals surface area contributed by atoms with Crippen molar-refractivity contribution in [1.82, 2.24) is 9.78 Å². The summed E-state index contributed by atoms with van der Waals surface area (Å²) < 4.78 is 2.79. The van der Waals surface area contributed by atoms with Crippen LogP contribution in [0.15, 0.2) is 10.7 Å². The number of hydrogen-bond acceptors (Lipinski definition) is 1. The lowest BCUT2D eigenvalue weighted by Crippen LogP contribution is -2.17. The van der Waals surface area contributed by atoms with E-state index in [2.05, 4.69) is 21.0 Å². The second kappa shape index (κ2) is 2.79. The fourth-order valence-electron chi connectivity index (χ4n) is 1.21. The van der Waals surface area contributed by atoms with Gasteiger partial charge in [-0.1, -0.05) is 11.6 Å². The molecule has 1 heterocycles. The second-order valence-corrected chi connectivity index (χ2v) is 4.02. The van der Waals surface area contributed by atoms with Crippen LogP contribution in [-0.2, 0) is 0 Å². The first-order valence-corrected chi connectivity index (χ1v) is 4.84. The van der Waals surface area contributed by atoms with Crippen LogP contribution in [0.3, 0.4) is 0 Å². The highest BCUT2D eigenvalue weighted by Crippen LogP contribution is 2.35. The summed E-state index contributed by atoms with van der Waals surface area (Å²) in [5, 5.41) is 4.91. The minimum absolute atomic E-state index is 0.550. The lowest BCUT2D eigenvalue weighted by atomic mass is 9.93. The molecule has 0 radical (unpaired) electrons. The van der Waals surface area contributed by atoms with Crippen LogP contribution >= 0.6 is 27.5 Å². The molecule has 0 unspecified atom stereocenters. The molecule has 2 nitrogen and oxygen atoms in total. The average molecular weight is 236 g/mol. The van der Waals surface area contributed by atoms with Crippen molar-refractivity contribution < 1.29 is 0 Å². The molecule has 4 heteroatoms. The molecule has 60 valence electrons. The van der Waals surface area contributed by atoms with Gasteiger partial charge in [0, 0.05) is 0 Å². The predicted molar refractivity (Wildman–Crippen MR) is 47.8 cm³/mol. The van der Waals surface area contributed by atoms with Gasteiger partial charge in [0.25, 0.3) is 0 Å². The van der Waals surface area contributed by atoms with E-state index in [1.807, 2.05) is 4.68 Å². The van der Waals surface area contributed by atoms with Crippen LogP contribution in [-0.4, -0.2) is 9.78 Å². The number of nitrogens with zero attached hydrogens (tertiary/aromatic N) is 2. The van der Waals surface area contributed by atoms with Gasteiger partial charge in [0.1, 0.15) is 5.15 Å². The third kappa shape index (κ3) is 1.20. The first-order chi connectivity index (χ1) is 5.29. The van der Waals surface area contributed by atoms with Gasteiger partial charge in [-0.3, -0.25) is 0 Å². The molecular formula is C7H8BrClN2. The van der Waals surface area contributed by atoms with E-state index in [0.29, 0.717) is 6.04 Å². The molecule has 0 saturated heterocycles. The normalized spacial score (nSPS) is 18.4. The zero-order valence-electron chi connectivity index (χ0n) is 5.93. The quantitative estimate of drug-likeness (QED) is 0.732. The van der Waals surface area contributed by atoms with E-state index in [0.717, 1.165) is 9.63 Å². The van der Waals surface area contributed by atoms with Crippen molar-refractivity contribution in [3.05, 3.63) is 15.8 Å². The van der Waals surface area contributed by atoms with Gasteiger partial charge in [-0.2, -0.15) is 5.10 Å². The van der Waals surface area contributed by atoms with Crippen molar-refractivity contribution in [1.29, 1.82) is 0 Å². The first kappa shape index (κ1) is 7.62. The number of halogens is 2. The molecule has 1 aliphatic carbocycles. The SMILES string of the molecule is Clc1c(Br)cnn1C1CCC1. The van der Waals surface area contributed by atoms with Gasteiger partial charge in [0.15, 0.2) is 0 Å². The highest BCUT2D eigenvalue weighted by Gasteiger charge is 2.22. The molecule has 1 saturated carbocycles. The summed E-state index contributed by atoms with van der Waals surface area (Å²) >= 11 is 9.29. The van der Waals surface area contributed by atoms with Crippen molar-refractivity contribution >= 4 is 27.5 Å². The maximum Gasteiger partial charge on any atom is 0.141 e. The van der Waals surface area contributed by atoms with Gasteiger partial charge in [-0.15, -0.1) is 0 Å². The Balaban J connectivity index is 2.29. The molecular weight excluding hydrogens is 227 g/mol. The number of aromatic nitrogens is 2. The van der Waals surface area contributed by atoms with Crippen LogP contribution in [0.1, 0.15) is 25.3 Å². The Morgan fingerprint density at radius 1 is 1.64 bits per heavy atom. The van der Waals surface area contributed by atoms with Crippen LogP contribution in [0.5, 0.6) is 0 Å². The molecule has 0 N–H and O–H groups in total. The standard InChI is InChI=1S/C7H8BrClN2/c8-6-4-10-11(7(6)9)5-2-1-3-5/h4-5H,1-3H2. The van der Waals surface area contributed by atoms with Crippen LogP contribution in [0.2, 0.25) is 5.15 Å². The lowest BCUT2D eigenvalue weighted by Gasteiger charge is -2.26. The van der Waals surface area contributed by atoms with E-state index in [4.69, 9.17) is 11.6 Å². The fourth-order valence-corrected chi connectivity index (χ4v) is 1.72. The summed E-state index contributed by atoms with van der Waals surface area (Å²) in [7, 11) is 0. The summed E-state index contributed by atoms with van der Waals surface area (Å²) in [6.07, 6.45) is 5.49. The van der Waals surface area contributed by atoms with Gasteiger partial charge in [0.05, 0.1) is 16.7 Å². The van der Waals surface area contributed by atoms with Crippen molar-refractivity contribution in [3.63, 3.8) is 0 Å². The Hall–Kier alpha value is -0.0200. The number of rotatable bonds is 1. The monoisotopic (exact) mass is 234 g/mol. The third-order valence-electron chi connectivity index (χ3n) is 2.11.